The van der Waals surface area contributed by atoms with Crippen LogP contribution in [-0.4, -0.2) is 111 Å². The average Bonchev–Trinajstić information content (AvgIpc) is 4.16. The highest BCUT2D eigenvalue weighted by molar-refractivity contribution is 5.86. The van der Waals surface area contributed by atoms with Crippen LogP contribution in [0.1, 0.15) is 77.3 Å². The van der Waals surface area contributed by atoms with Crippen LogP contribution in [0.15, 0.2) is 109 Å². The van der Waals surface area contributed by atoms with Crippen LogP contribution in [-0.2, 0) is 37.8 Å². The monoisotopic (exact) mass is 1110 g/mol. The number of aliphatic hydroxyl groups is 1. The molecule has 2 aliphatic heterocycles. The maximum atomic E-state index is 15.6. The fraction of sp³-hybridized carbons (Fsp3) is 0.453. The zero-order chi connectivity index (χ0) is 52.5. The van der Waals surface area contributed by atoms with Gasteiger partial charge < -0.3 is 57.7 Å². The summed E-state index contributed by atoms with van der Waals surface area (Å²) in [4.78, 5) is 49.1. The highest BCUT2D eigenvalue weighted by atomic mass is 35.5. The van der Waals surface area contributed by atoms with Crippen LogP contribution in [0.25, 0.3) is 5.69 Å². The second-order valence-corrected chi connectivity index (χ2v) is 18.8. The lowest BCUT2D eigenvalue weighted by Crippen LogP contribution is -3.00. The molecule has 5 N–H and O–H groups in total. The van der Waals surface area contributed by atoms with Crippen molar-refractivity contribution in [3.05, 3.63) is 137 Å². The minimum Gasteiger partial charge on any atom is -1.00 e. The first-order valence-electron chi connectivity index (χ1n) is 24.9. The Morgan fingerprint density at radius 2 is 1.65 bits per heavy atom. The van der Waals surface area contributed by atoms with Crippen molar-refractivity contribution in [3.8, 4) is 11.4 Å². The Morgan fingerprint density at radius 1 is 0.987 bits per heavy atom. The lowest BCUT2D eigenvalue weighted by Gasteiger charge is -2.37. The van der Waals surface area contributed by atoms with Crippen LogP contribution in [0.4, 0.5) is 30.8 Å². The van der Waals surface area contributed by atoms with Gasteiger partial charge in [-0.25, -0.2) is 32.6 Å². The van der Waals surface area contributed by atoms with Gasteiger partial charge in [0, 0.05) is 85.9 Å². The van der Waals surface area contributed by atoms with E-state index in [1.54, 1.807) is 41.6 Å². The molecule has 2 aliphatic rings. The zero-order valence-electron chi connectivity index (χ0n) is 42.9. The van der Waals surface area contributed by atoms with Gasteiger partial charge in [-0.1, -0.05) is 26.5 Å². The number of aliphatic hydroxyl groups excluding tert-OH is 1. The van der Waals surface area contributed by atoms with Gasteiger partial charge in [-0.15, -0.1) is 17.1 Å². The predicted molar refractivity (Wildman–Crippen MR) is 284 cm³/mol. The first kappa shape index (κ1) is 61.2. The Morgan fingerprint density at radius 3 is 2.29 bits per heavy atom. The molecule has 3 aromatic heterocycles. The third-order valence-corrected chi connectivity index (χ3v) is 13.6. The number of nitrogens with zero attached hydrogens (tertiary/aromatic N) is 10. The molecule has 8 rings (SSSR count). The van der Waals surface area contributed by atoms with Crippen molar-refractivity contribution in [1.82, 2.24) is 29.1 Å². The van der Waals surface area contributed by atoms with Crippen molar-refractivity contribution >= 4 is 41.7 Å². The van der Waals surface area contributed by atoms with Crippen molar-refractivity contribution in [1.29, 1.82) is 0 Å². The maximum Gasteiger partial charge on any atom is 0.418 e. The van der Waals surface area contributed by atoms with E-state index < -0.39 is 53.7 Å². The van der Waals surface area contributed by atoms with Crippen LogP contribution in [0.3, 0.4) is 0 Å². The second kappa shape index (κ2) is 27.6. The van der Waals surface area contributed by atoms with Gasteiger partial charge in [-0.2, -0.15) is 9.67 Å². The van der Waals surface area contributed by atoms with Crippen molar-refractivity contribution in [3.63, 3.8) is 0 Å². The number of pyridine rings is 1. The number of nitrogens with two attached hydrogens (primary N) is 2. The zero-order valence-corrected chi connectivity index (χ0v) is 44.4. The fourth-order valence-electron chi connectivity index (χ4n) is 9.46. The molecule has 5 heterocycles. The molecule has 418 valence electrons. The summed E-state index contributed by atoms with van der Waals surface area (Å²) in [5.74, 6) is -1.32. The second-order valence-electron chi connectivity index (χ2n) is 18.8. The largest absolute Gasteiger partial charge is 1.00 e. The first-order valence-corrected chi connectivity index (χ1v) is 24.9. The van der Waals surface area contributed by atoms with E-state index in [2.05, 4.69) is 25.0 Å². The number of rotatable bonds is 21. The van der Waals surface area contributed by atoms with E-state index in [0.29, 0.717) is 49.2 Å². The van der Waals surface area contributed by atoms with Crippen LogP contribution in [0, 0.1) is 17.6 Å². The summed E-state index contributed by atoms with van der Waals surface area (Å²) in [6.07, 6.45) is 5.65. The van der Waals surface area contributed by atoms with Crippen LogP contribution < -0.4 is 53.6 Å². The lowest BCUT2D eigenvalue weighted by molar-refractivity contribution is -0.753. The molecule has 0 saturated carbocycles. The summed E-state index contributed by atoms with van der Waals surface area (Å²) in [6.45, 7) is 9.22. The van der Waals surface area contributed by atoms with E-state index >= 15 is 4.39 Å². The van der Waals surface area contributed by atoms with Crippen molar-refractivity contribution in [2.75, 3.05) is 67.7 Å². The lowest BCUT2D eigenvalue weighted by atomic mass is 9.87. The molecular weight excluding hydrogens is 1040 g/mol. The number of carbonyl (C=O) groups is 2. The maximum absolute atomic E-state index is 15.6. The summed E-state index contributed by atoms with van der Waals surface area (Å²) in [6, 6.07) is 21.3. The molecule has 24 heteroatoms. The van der Waals surface area contributed by atoms with Crippen LogP contribution in [0.5, 0.6) is 5.75 Å². The third-order valence-electron chi connectivity index (χ3n) is 13.6. The van der Waals surface area contributed by atoms with Crippen molar-refractivity contribution in [2.45, 2.75) is 97.0 Å². The van der Waals surface area contributed by atoms with E-state index in [-0.39, 0.29) is 81.6 Å². The summed E-state index contributed by atoms with van der Waals surface area (Å²) in [7, 11) is 1.48. The smallest absolute Gasteiger partial charge is 0.418 e. The number of halogens is 4. The number of hydrogen-bond donors (Lipinski definition) is 3. The minimum absolute atomic E-state index is 0. The number of benzene rings is 3. The number of amides is 1. The molecule has 2 fully saturated rings. The quantitative estimate of drug-likeness (QED) is 0.0696. The molecule has 0 aliphatic carbocycles. The average molecular weight is 1110 g/mol. The molecule has 3 aromatic carbocycles. The fourth-order valence-corrected chi connectivity index (χ4v) is 9.46. The van der Waals surface area contributed by atoms with Crippen molar-refractivity contribution in [2.24, 2.45) is 17.4 Å². The van der Waals surface area contributed by atoms with Gasteiger partial charge in [-0.05, 0) is 99.8 Å². The standard InChI is InChI=1S/C52H65F2N12O8.CH4.2ClH/c1-5-47(35(2)67)66-50(69)65(33-59-66)42-13-11-40(12-14-42)61-22-24-62(25-23-61)41-15-17-43(18-16-41)71-28-37-27-52(73-29-37,44-19-10-39(53)26-45(44)54)31-64-34-63(32-58-64)36(3)74-51(70)60(4)48-38(8-7-21-57-48)30-72-49(68)46(56)9-6-20-55;;;/h7-8,10-19,21,26,32-37,46-47,67H,5-6,9,20,22-25,27-31,55-56H2,1-4H3;1H4;2*1H/q+1;;;/p-1/t35-,36?,37+,46-,47?,52-;;;/m0.../s1. The number of piperazine rings is 1. The molecule has 77 heavy (non-hydrogen) atoms. The number of ether oxygens (including phenoxy) is 4. The molecule has 20 nitrogen and oxygen atoms in total. The Bertz CT molecular complexity index is 2900. The van der Waals surface area contributed by atoms with Gasteiger partial charge in [-0.3, -0.25) is 9.69 Å². The first-order chi connectivity index (χ1) is 35.7. The van der Waals surface area contributed by atoms with E-state index in [4.69, 9.17) is 30.4 Å². The molecule has 2 unspecified atom stereocenters. The molecule has 6 aromatic rings. The minimum atomic E-state index is -1.24. The molecule has 1 amide bonds. The van der Waals surface area contributed by atoms with E-state index in [1.165, 1.54) is 52.2 Å². The summed E-state index contributed by atoms with van der Waals surface area (Å²) >= 11 is 0. The van der Waals surface area contributed by atoms with E-state index in [1.807, 2.05) is 55.5 Å². The van der Waals surface area contributed by atoms with Gasteiger partial charge >= 0.3 is 17.8 Å². The number of anilines is 3. The number of hydrogen-bond acceptors (Lipinski definition) is 15. The Labute approximate surface area is 459 Å². The topological polar surface area (TPSA) is 227 Å². The SMILES string of the molecule is C.CCC([C@H](C)O)n1ncn(-c2ccc(N3CCN(c4ccc(OC[C@@H]5CO[C@@](Cn6c[n+](C(C)OC(=O)N(C)c7ncccc7COC(=O)[C@@H](N)CCCN)cn6)(c6ccc(F)cc6F)C5)cc4)CC3)cc2)c1=O.Cl.[Cl-]. The van der Waals surface area contributed by atoms with E-state index in [0.717, 1.165) is 43.6 Å². The van der Waals surface area contributed by atoms with Crippen molar-refractivity contribution < 1.29 is 59.4 Å². The normalized spacial score (nSPS) is 17.7. The van der Waals surface area contributed by atoms with E-state index in [9.17, 15) is 23.9 Å². The predicted octanol–water partition coefficient (Wildman–Crippen LogP) is 2.82. The van der Waals surface area contributed by atoms with Gasteiger partial charge in [0.25, 0.3) is 6.33 Å². The summed E-state index contributed by atoms with van der Waals surface area (Å²) in [5.41, 5.74) is 13.4. The number of carbonyl (C=O) groups excluding carboxylic acids is 2. The van der Waals surface area contributed by atoms with Gasteiger partial charge in [0.2, 0.25) is 12.6 Å². The molecule has 0 spiro atoms. The Balaban J connectivity index is 0.00000364. The number of aromatic nitrogens is 7. The molecular formula is C53H70Cl2F2N12O8. The Hall–Kier alpha value is -6.69. The highest BCUT2D eigenvalue weighted by Gasteiger charge is 2.46. The molecule has 6 atom stereocenters. The summed E-state index contributed by atoms with van der Waals surface area (Å²) in [5, 5.41) is 18.9. The van der Waals surface area contributed by atoms with Crippen LogP contribution >= 0.6 is 12.4 Å². The summed E-state index contributed by atoms with van der Waals surface area (Å²) < 4.78 is 59.7. The Kier molecular flexibility index (Phi) is 21.9. The highest BCUT2D eigenvalue weighted by Crippen LogP contribution is 2.42. The van der Waals surface area contributed by atoms with Crippen LogP contribution in [0.2, 0.25) is 0 Å². The van der Waals surface area contributed by atoms with Gasteiger partial charge in [0.05, 0.1) is 31.0 Å². The number of esters is 1. The third kappa shape index (κ3) is 14.5. The molecule has 0 bridgehead atoms. The van der Waals surface area contributed by atoms with Gasteiger partial charge in [0.1, 0.15) is 54.3 Å². The molecule has 2 saturated heterocycles. The molecule has 0 radical (unpaired) electrons. The van der Waals surface area contributed by atoms with Gasteiger partial charge in [0.15, 0.2) is 0 Å².